The van der Waals surface area contributed by atoms with E-state index in [0.29, 0.717) is 23.0 Å². The maximum Gasteiger partial charge on any atom is 0.335 e. The number of benzene rings is 2. The van der Waals surface area contributed by atoms with Crippen molar-refractivity contribution in [2.24, 2.45) is 5.73 Å². The van der Waals surface area contributed by atoms with Gasteiger partial charge in [-0.3, -0.25) is 4.79 Å². The van der Waals surface area contributed by atoms with E-state index in [2.05, 4.69) is 6.07 Å². The molecule has 3 rings (SSSR count). The van der Waals surface area contributed by atoms with Crippen LogP contribution in [0.4, 0.5) is 0 Å². The Kier molecular flexibility index (Phi) is 3.62. The van der Waals surface area contributed by atoms with Crippen molar-refractivity contribution in [2.75, 3.05) is 0 Å². The zero-order valence-electron chi connectivity index (χ0n) is 12.6. The number of nitrogens with two attached hydrogens (primary N) is 1. The molecule has 116 valence electrons. The molecule has 5 heteroatoms. The number of amides is 1. The fraction of sp³-hybridized carbons (Fsp3) is 0.111. The van der Waals surface area contributed by atoms with Gasteiger partial charge >= 0.3 is 5.97 Å². The number of aromatic nitrogens is 1. The third-order valence-electron chi connectivity index (χ3n) is 3.83. The van der Waals surface area contributed by atoms with Crippen LogP contribution in [-0.4, -0.2) is 21.6 Å². The molecule has 0 aliphatic carbocycles. The van der Waals surface area contributed by atoms with E-state index in [9.17, 15) is 14.7 Å². The lowest BCUT2D eigenvalue weighted by Gasteiger charge is -2.07. The largest absolute Gasteiger partial charge is 0.478 e. The van der Waals surface area contributed by atoms with Crippen LogP contribution in [0.2, 0.25) is 0 Å². The first-order valence-corrected chi connectivity index (χ1v) is 7.17. The topological polar surface area (TPSA) is 85.3 Å². The number of fused-ring (bicyclic) bond motifs is 1. The number of aromatic carboxylic acids is 1. The first kappa shape index (κ1) is 14.8. The zero-order chi connectivity index (χ0) is 16.6. The summed E-state index contributed by atoms with van der Waals surface area (Å²) >= 11 is 0. The third-order valence-corrected chi connectivity index (χ3v) is 3.83. The van der Waals surface area contributed by atoms with Crippen LogP contribution in [0.3, 0.4) is 0 Å². The maximum atomic E-state index is 11.6. The predicted octanol–water partition coefficient (Wildman–Crippen LogP) is 2.80. The van der Waals surface area contributed by atoms with Gasteiger partial charge in [0.2, 0.25) is 0 Å². The highest BCUT2D eigenvalue weighted by atomic mass is 16.4. The molecule has 0 spiro atoms. The van der Waals surface area contributed by atoms with Crippen LogP contribution in [0.1, 0.15) is 31.8 Å². The lowest BCUT2D eigenvalue weighted by molar-refractivity contribution is 0.0697. The van der Waals surface area contributed by atoms with Gasteiger partial charge in [0.05, 0.1) is 11.1 Å². The van der Waals surface area contributed by atoms with Crippen molar-refractivity contribution in [3.63, 3.8) is 0 Å². The van der Waals surface area contributed by atoms with Crippen LogP contribution < -0.4 is 5.73 Å². The molecule has 0 bridgehead atoms. The summed E-state index contributed by atoms with van der Waals surface area (Å²) in [6.07, 6.45) is 1.68. The normalized spacial score (nSPS) is 10.8. The smallest absolute Gasteiger partial charge is 0.335 e. The molecule has 23 heavy (non-hydrogen) atoms. The van der Waals surface area contributed by atoms with Gasteiger partial charge in [-0.1, -0.05) is 35.9 Å². The molecule has 0 radical (unpaired) electrons. The molecule has 0 aliphatic heterocycles. The molecule has 5 nitrogen and oxygen atoms in total. The highest BCUT2D eigenvalue weighted by Crippen LogP contribution is 2.24. The molecule has 0 saturated heterocycles. The van der Waals surface area contributed by atoms with Crippen molar-refractivity contribution in [3.05, 3.63) is 70.9 Å². The highest BCUT2D eigenvalue weighted by Gasteiger charge is 2.15. The van der Waals surface area contributed by atoms with Crippen LogP contribution >= 0.6 is 0 Å². The van der Waals surface area contributed by atoms with Crippen LogP contribution in [0.15, 0.2) is 48.7 Å². The Morgan fingerprint density at radius 2 is 1.96 bits per heavy atom. The van der Waals surface area contributed by atoms with Crippen LogP contribution in [-0.2, 0) is 6.54 Å². The quantitative estimate of drug-likeness (QED) is 0.777. The fourth-order valence-corrected chi connectivity index (χ4v) is 2.76. The van der Waals surface area contributed by atoms with Gasteiger partial charge in [0.25, 0.3) is 5.91 Å². The van der Waals surface area contributed by atoms with E-state index in [-0.39, 0.29) is 5.56 Å². The summed E-state index contributed by atoms with van der Waals surface area (Å²) in [4.78, 5) is 22.8. The maximum absolute atomic E-state index is 11.6. The van der Waals surface area contributed by atoms with Crippen LogP contribution in [0.25, 0.3) is 10.9 Å². The molecule has 0 atom stereocenters. The second kappa shape index (κ2) is 5.61. The average Bonchev–Trinajstić information content (AvgIpc) is 2.85. The Bertz CT molecular complexity index is 925. The Morgan fingerprint density at radius 1 is 1.17 bits per heavy atom. The molecule has 0 aliphatic rings. The van der Waals surface area contributed by atoms with E-state index in [1.54, 1.807) is 18.3 Å². The summed E-state index contributed by atoms with van der Waals surface area (Å²) in [5, 5.41) is 9.84. The van der Waals surface area contributed by atoms with Crippen molar-refractivity contribution in [3.8, 4) is 0 Å². The van der Waals surface area contributed by atoms with Gasteiger partial charge < -0.3 is 15.4 Å². The third kappa shape index (κ3) is 2.81. The Hall–Kier alpha value is -3.08. The molecule has 3 N–H and O–H groups in total. The van der Waals surface area contributed by atoms with Gasteiger partial charge in [0.15, 0.2) is 0 Å². The summed E-state index contributed by atoms with van der Waals surface area (Å²) < 4.78 is 1.86. The van der Waals surface area contributed by atoms with Crippen molar-refractivity contribution in [1.82, 2.24) is 4.57 Å². The fourth-order valence-electron chi connectivity index (χ4n) is 2.76. The molecule has 0 fully saturated rings. The van der Waals surface area contributed by atoms with Crippen molar-refractivity contribution in [2.45, 2.75) is 13.5 Å². The number of rotatable bonds is 4. The minimum atomic E-state index is -1.00. The molecule has 0 unspecified atom stereocenters. The summed E-state index contributed by atoms with van der Waals surface area (Å²) in [5.74, 6) is -1.53. The molecule has 0 saturated carbocycles. The van der Waals surface area contributed by atoms with Crippen molar-refractivity contribution < 1.29 is 14.7 Å². The lowest BCUT2D eigenvalue weighted by atomic mass is 10.1. The Labute approximate surface area is 133 Å². The van der Waals surface area contributed by atoms with Gasteiger partial charge in [0, 0.05) is 23.6 Å². The van der Waals surface area contributed by atoms with Crippen molar-refractivity contribution >= 4 is 22.8 Å². The van der Waals surface area contributed by atoms with E-state index in [1.165, 1.54) is 6.07 Å². The van der Waals surface area contributed by atoms with E-state index < -0.39 is 11.9 Å². The number of nitrogens with zero attached hydrogens (tertiary/aromatic N) is 1. The molecule has 1 amide bonds. The number of hydrogen-bond donors (Lipinski definition) is 2. The predicted molar refractivity (Wildman–Crippen MR) is 87.7 cm³/mol. The number of carboxylic acid groups (broad SMARTS) is 1. The summed E-state index contributed by atoms with van der Waals surface area (Å²) in [5.41, 5.74) is 8.90. The molecular formula is C18H16N2O3. The minimum absolute atomic E-state index is 0.178. The van der Waals surface area contributed by atoms with Crippen molar-refractivity contribution in [1.29, 1.82) is 0 Å². The molecule has 3 aromatic rings. The van der Waals surface area contributed by atoms with E-state index in [4.69, 9.17) is 5.73 Å². The van der Waals surface area contributed by atoms with Gasteiger partial charge in [-0.2, -0.15) is 0 Å². The number of carbonyl (C=O) groups excluding carboxylic acids is 1. The number of hydrogen-bond acceptors (Lipinski definition) is 2. The van der Waals surface area contributed by atoms with Gasteiger partial charge in [0.1, 0.15) is 0 Å². The Balaban J connectivity index is 2.16. The van der Waals surface area contributed by atoms with Gasteiger partial charge in [-0.25, -0.2) is 4.79 Å². The molecular weight excluding hydrogens is 292 g/mol. The second-order valence-electron chi connectivity index (χ2n) is 5.56. The van der Waals surface area contributed by atoms with Crippen LogP contribution in [0, 0.1) is 6.92 Å². The number of carbonyl (C=O) groups is 2. The summed E-state index contributed by atoms with van der Waals surface area (Å²) in [6, 6.07) is 12.7. The monoisotopic (exact) mass is 308 g/mol. The molecule has 1 aromatic heterocycles. The number of carboxylic acids is 1. The van der Waals surface area contributed by atoms with E-state index in [1.807, 2.05) is 29.7 Å². The summed E-state index contributed by atoms with van der Waals surface area (Å²) in [6.45, 7) is 2.54. The van der Waals surface area contributed by atoms with Gasteiger partial charge in [-0.05, 0) is 24.6 Å². The average molecular weight is 308 g/mol. The molecule has 1 heterocycles. The lowest BCUT2D eigenvalue weighted by Crippen LogP contribution is -2.10. The Morgan fingerprint density at radius 3 is 2.61 bits per heavy atom. The summed E-state index contributed by atoms with van der Waals surface area (Å²) in [7, 11) is 0. The second-order valence-corrected chi connectivity index (χ2v) is 5.56. The minimum Gasteiger partial charge on any atom is -0.478 e. The highest BCUT2D eigenvalue weighted by molar-refractivity contribution is 6.07. The zero-order valence-corrected chi connectivity index (χ0v) is 12.6. The first-order chi connectivity index (χ1) is 11.0. The van der Waals surface area contributed by atoms with E-state index in [0.717, 1.165) is 11.1 Å². The standard InChI is InChI=1S/C18H16N2O3/c1-11-3-2-4-12(7-11)9-20-10-15(17(19)21)14-6-5-13(18(22)23)8-16(14)20/h2-8,10H,9H2,1H3,(H2,19,21)(H,22,23). The van der Waals surface area contributed by atoms with Gasteiger partial charge in [-0.15, -0.1) is 0 Å². The van der Waals surface area contributed by atoms with E-state index >= 15 is 0 Å². The van der Waals surface area contributed by atoms with Crippen LogP contribution in [0.5, 0.6) is 0 Å². The number of primary amides is 1. The number of aryl methyl sites for hydroxylation is 1. The molecule has 2 aromatic carbocycles. The SMILES string of the molecule is Cc1cccc(Cn2cc(C(N)=O)c3ccc(C(=O)O)cc32)c1. The first-order valence-electron chi connectivity index (χ1n) is 7.17.